The lowest BCUT2D eigenvalue weighted by molar-refractivity contribution is -0.00318. The highest BCUT2D eigenvalue weighted by Crippen LogP contribution is 2.35. The van der Waals surface area contributed by atoms with Gasteiger partial charge in [0.05, 0.1) is 22.8 Å². The molecule has 1 aromatic rings. The van der Waals surface area contributed by atoms with Crippen LogP contribution < -0.4 is 0 Å². The van der Waals surface area contributed by atoms with Crippen LogP contribution in [0.3, 0.4) is 0 Å². The lowest BCUT2D eigenvalue weighted by Gasteiger charge is -2.23. The molecule has 0 bridgehead atoms. The van der Waals surface area contributed by atoms with Crippen LogP contribution in [0.4, 0.5) is 0 Å². The minimum Gasteiger partial charge on any atom is -0.370 e. The fraction of sp³-hybridized carbons (Fsp3) is 0.625. The molecule has 66 valence electrons. The topological polar surface area (TPSA) is 22.1 Å². The minimum atomic E-state index is 0.215. The van der Waals surface area contributed by atoms with Crippen molar-refractivity contribution in [3.63, 3.8) is 0 Å². The van der Waals surface area contributed by atoms with E-state index in [1.54, 1.807) is 11.3 Å². The van der Waals surface area contributed by atoms with E-state index in [0.717, 1.165) is 10.3 Å². The predicted octanol–water partition coefficient (Wildman–Crippen LogP) is 2.93. The summed E-state index contributed by atoms with van der Waals surface area (Å²) >= 11 is 5.07. The van der Waals surface area contributed by atoms with Gasteiger partial charge in [-0.3, -0.25) is 0 Å². The summed E-state index contributed by atoms with van der Waals surface area (Å²) in [6.07, 6.45) is 1.47. The molecule has 2 nitrogen and oxygen atoms in total. The summed E-state index contributed by atoms with van der Waals surface area (Å²) in [6.45, 7) is 4.17. The van der Waals surface area contributed by atoms with Crippen LogP contribution in [0.5, 0.6) is 0 Å². The van der Waals surface area contributed by atoms with Crippen LogP contribution in [0.25, 0.3) is 0 Å². The van der Waals surface area contributed by atoms with Gasteiger partial charge in [-0.05, 0) is 29.8 Å². The summed E-state index contributed by atoms with van der Waals surface area (Å²) in [5.74, 6) is 0. The Morgan fingerprint density at radius 2 is 2.33 bits per heavy atom. The van der Waals surface area contributed by atoms with E-state index in [2.05, 4.69) is 34.8 Å². The summed E-state index contributed by atoms with van der Waals surface area (Å²) in [4.78, 5) is 5.68. The SMILES string of the molecule is CC1Cc2nc(Br)sc2C(C)O1. The summed E-state index contributed by atoms with van der Waals surface area (Å²) in [5, 5.41) is 0. The maximum atomic E-state index is 5.68. The van der Waals surface area contributed by atoms with Gasteiger partial charge in [0.1, 0.15) is 0 Å². The van der Waals surface area contributed by atoms with Crippen molar-refractivity contribution >= 4 is 27.3 Å². The van der Waals surface area contributed by atoms with E-state index in [9.17, 15) is 0 Å². The highest BCUT2D eigenvalue weighted by atomic mass is 79.9. The predicted molar refractivity (Wildman–Crippen MR) is 52.5 cm³/mol. The van der Waals surface area contributed by atoms with E-state index in [1.165, 1.54) is 10.6 Å². The van der Waals surface area contributed by atoms with Gasteiger partial charge < -0.3 is 4.74 Å². The molecule has 0 aliphatic carbocycles. The van der Waals surface area contributed by atoms with Crippen molar-refractivity contribution in [3.05, 3.63) is 14.5 Å². The van der Waals surface area contributed by atoms with Crippen molar-refractivity contribution in [3.8, 4) is 0 Å². The number of halogens is 1. The fourth-order valence-corrected chi connectivity index (χ4v) is 3.07. The molecule has 0 N–H and O–H groups in total. The Morgan fingerprint density at radius 1 is 1.58 bits per heavy atom. The maximum Gasteiger partial charge on any atom is 0.159 e. The van der Waals surface area contributed by atoms with Crippen LogP contribution in [-0.2, 0) is 11.2 Å². The standard InChI is InChI=1S/C8H10BrNOS/c1-4-3-6-7(5(2)11-4)12-8(9)10-6/h4-5H,3H2,1-2H3. The summed E-state index contributed by atoms with van der Waals surface area (Å²) in [5.41, 5.74) is 1.21. The molecule has 0 radical (unpaired) electrons. The zero-order valence-corrected chi connectivity index (χ0v) is 9.41. The Bertz CT molecular complexity index is 299. The van der Waals surface area contributed by atoms with E-state index in [0.29, 0.717) is 6.10 Å². The second-order valence-electron chi connectivity index (χ2n) is 3.07. The third-order valence-corrected chi connectivity index (χ3v) is 3.70. The van der Waals surface area contributed by atoms with Crippen LogP contribution >= 0.6 is 27.3 Å². The minimum absolute atomic E-state index is 0.215. The molecular weight excluding hydrogens is 238 g/mol. The molecule has 0 saturated carbocycles. The van der Waals surface area contributed by atoms with Crippen molar-refractivity contribution in [2.45, 2.75) is 32.5 Å². The first-order valence-electron chi connectivity index (χ1n) is 3.97. The molecule has 2 heterocycles. The molecule has 2 rings (SSSR count). The summed E-state index contributed by atoms with van der Waals surface area (Å²) < 4.78 is 6.64. The van der Waals surface area contributed by atoms with E-state index >= 15 is 0 Å². The zero-order valence-electron chi connectivity index (χ0n) is 7.00. The van der Waals surface area contributed by atoms with Crippen LogP contribution in [-0.4, -0.2) is 11.1 Å². The molecule has 0 amide bonds. The average Bonchev–Trinajstić information content (AvgIpc) is 2.29. The fourth-order valence-electron chi connectivity index (χ4n) is 1.53. The van der Waals surface area contributed by atoms with Gasteiger partial charge >= 0.3 is 0 Å². The summed E-state index contributed by atoms with van der Waals surface area (Å²) in [6, 6.07) is 0. The average molecular weight is 248 g/mol. The Hall–Kier alpha value is 0.0700. The first kappa shape index (κ1) is 8.66. The monoisotopic (exact) mass is 247 g/mol. The van der Waals surface area contributed by atoms with Crippen molar-refractivity contribution in [1.82, 2.24) is 4.98 Å². The van der Waals surface area contributed by atoms with Crippen LogP contribution in [0, 0.1) is 0 Å². The maximum absolute atomic E-state index is 5.68. The Labute approximate surface area is 84.1 Å². The molecule has 1 aromatic heterocycles. The molecule has 2 unspecified atom stereocenters. The number of aromatic nitrogens is 1. The Balaban J connectivity index is 2.40. The highest BCUT2D eigenvalue weighted by Gasteiger charge is 2.25. The van der Waals surface area contributed by atoms with Crippen molar-refractivity contribution in [1.29, 1.82) is 0 Å². The van der Waals surface area contributed by atoms with Crippen LogP contribution in [0.2, 0.25) is 0 Å². The highest BCUT2D eigenvalue weighted by molar-refractivity contribution is 9.11. The number of rotatable bonds is 0. The molecule has 4 heteroatoms. The lowest BCUT2D eigenvalue weighted by Crippen LogP contribution is -2.20. The molecule has 12 heavy (non-hydrogen) atoms. The van der Waals surface area contributed by atoms with Gasteiger partial charge in [-0.25, -0.2) is 4.98 Å². The van der Waals surface area contributed by atoms with Gasteiger partial charge in [-0.1, -0.05) is 0 Å². The van der Waals surface area contributed by atoms with Gasteiger partial charge in [0, 0.05) is 6.42 Å². The van der Waals surface area contributed by atoms with Crippen molar-refractivity contribution < 1.29 is 4.74 Å². The third kappa shape index (κ3) is 1.43. The van der Waals surface area contributed by atoms with Gasteiger partial charge in [0.15, 0.2) is 3.92 Å². The van der Waals surface area contributed by atoms with E-state index in [4.69, 9.17) is 4.74 Å². The number of hydrogen-bond acceptors (Lipinski definition) is 3. The molecule has 1 aliphatic rings. The van der Waals surface area contributed by atoms with Crippen molar-refractivity contribution in [2.75, 3.05) is 0 Å². The quantitative estimate of drug-likeness (QED) is 0.704. The number of fused-ring (bicyclic) bond motifs is 1. The van der Waals surface area contributed by atoms with E-state index < -0.39 is 0 Å². The van der Waals surface area contributed by atoms with Crippen LogP contribution in [0.15, 0.2) is 3.92 Å². The largest absolute Gasteiger partial charge is 0.370 e. The smallest absolute Gasteiger partial charge is 0.159 e. The molecule has 0 saturated heterocycles. The molecule has 2 atom stereocenters. The van der Waals surface area contributed by atoms with Gasteiger partial charge in [0.25, 0.3) is 0 Å². The second kappa shape index (κ2) is 3.09. The van der Waals surface area contributed by atoms with Gasteiger partial charge in [-0.15, -0.1) is 11.3 Å². The normalized spacial score (nSPS) is 28.6. The lowest BCUT2D eigenvalue weighted by atomic mass is 10.1. The van der Waals surface area contributed by atoms with Crippen LogP contribution in [0.1, 0.15) is 30.5 Å². The van der Waals surface area contributed by atoms with Gasteiger partial charge in [-0.2, -0.15) is 0 Å². The first-order valence-corrected chi connectivity index (χ1v) is 5.58. The molecule has 0 aromatic carbocycles. The van der Waals surface area contributed by atoms with Crippen molar-refractivity contribution in [2.24, 2.45) is 0 Å². The Kier molecular flexibility index (Phi) is 2.23. The molecule has 0 spiro atoms. The molecule has 0 fully saturated rings. The Morgan fingerprint density at radius 3 is 3.08 bits per heavy atom. The van der Waals surface area contributed by atoms with E-state index in [-0.39, 0.29) is 6.10 Å². The third-order valence-electron chi connectivity index (χ3n) is 1.99. The molecular formula is C8H10BrNOS. The second-order valence-corrected chi connectivity index (χ2v) is 5.38. The summed E-state index contributed by atoms with van der Waals surface area (Å²) in [7, 11) is 0. The number of thiazole rings is 1. The van der Waals surface area contributed by atoms with E-state index in [1.807, 2.05) is 0 Å². The number of nitrogens with zero attached hydrogens (tertiary/aromatic N) is 1. The molecule has 1 aliphatic heterocycles. The number of hydrogen-bond donors (Lipinski definition) is 0. The first-order chi connectivity index (χ1) is 5.66. The zero-order chi connectivity index (χ0) is 8.72. The number of ether oxygens (including phenoxy) is 1. The van der Waals surface area contributed by atoms with Gasteiger partial charge in [0.2, 0.25) is 0 Å².